The second-order valence-corrected chi connectivity index (χ2v) is 4.09. The molecule has 0 radical (unpaired) electrons. The van der Waals surface area contributed by atoms with Crippen molar-refractivity contribution in [2.75, 3.05) is 11.9 Å². The summed E-state index contributed by atoms with van der Waals surface area (Å²) in [6.45, 7) is 2.49. The Labute approximate surface area is 95.2 Å². The number of rotatable bonds is 2. The van der Waals surface area contributed by atoms with Gasteiger partial charge in [0.05, 0.1) is 12.2 Å². The summed E-state index contributed by atoms with van der Waals surface area (Å²) in [7, 11) is 0. The van der Waals surface area contributed by atoms with Crippen molar-refractivity contribution in [3.63, 3.8) is 0 Å². The largest absolute Gasteiger partial charge is 0.372 e. The van der Waals surface area contributed by atoms with Crippen LogP contribution in [0.15, 0.2) is 27.1 Å². The summed E-state index contributed by atoms with van der Waals surface area (Å²) in [6.07, 6.45) is 0. The van der Waals surface area contributed by atoms with Gasteiger partial charge in [0.1, 0.15) is 0 Å². The van der Waals surface area contributed by atoms with E-state index in [0.29, 0.717) is 6.54 Å². The molecule has 0 saturated heterocycles. The maximum atomic E-state index is 3.46. The van der Waals surface area contributed by atoms with Gasteiger partial charge in [-0.3, -0.25) is 0 Å². The fourth-order valence-corrected chi connectivity index (χ4v) is 2.17. The highest BCUT2D eigenvalue weighted by Gasteiger charge is 2.01. The molecule has 0 aromatic heterocycles. The van der Waals surface area contributed by atoms with Gasteiger partial charge in [0.25, 0.3) is 0 Å². The summed E-state index contributed by atoms with van der Waals surface area (Å²) in [5.74, 6) is 5.78. The number of benzene rings is 1. The number of para-hydroxylation sites is 1. The summed E-state index contributed by atoms with van der Waals surface area (Å²) in [5, 5.41) is 3.21. The monoisotopic (exact) mass is 301 g/mol. The fourth-order valence-electron chi connectivity index (χ4n) is 0.888. The van der Waals surface area contributed by atoms with Crippen LogP contribution in [0.3, 0.4) is 0 Å². The minimum Gasteiger partial charge on any atom is -0.372 e. The molecule has 3 heteroatoms. The normalized spacial score (nSPS) is 8.85. The van der Waals surface area contributed by atoms with Gasteiger partial charge in [-0.1, -0.05) is 12.0 Å². The van der Waals surface area contributed by atoms with E-state index in [2.05, 4.69) is 49.0 Å². The Morgan fingerprint density at radius 1 is 1.31 bits per heavy atom. The summed E-state index contributed by atoms with van der Waals surface area (Å²) in [4.78, 5) is 0. The SMILES string of the molecule is CC#CCNc1c(Br)cccc1Br. The standard InChI is InChI=1S/C10H9Br2N/c1-2-3-7-13-10-8(11)5-4-6-9(10)12/h4-6,13H,7H2,1H3. The van der Waals surface area contributed by atoms with Crippen molar-refractivity contribution in [1.29, 1.82) is 0 Å². The first-order valence-electron chi connectivity index (χ1n) is 3.83. The number of hydrogen-bond acceptors (Lipinski definition) is 1. The first kappa shape index (κ1) is 10.6. The average Bonchev–Trinajstić information content (AvgIpc) is 2.10. The Bertz CT molecular complexity index is 329. The molecule has 0 saturated carbocycles. The molecule has 0 atom stereocenters. The minimum atomic E-state index is 0.664. The van der Waals surface area contributed by atoms with Gasteiger partial charge in [-0.25, -0.2) is 0 Å². The lowest BCUT2D eigenvalue weighted by Gasteiger charge is -2.07. The van der Waals surface area contributed by atoms with Crippen LogP contribution in [0.5, 0.6) is 0 Å². The highest BCUT2D eigenvalue weighted by atomic mass is 79.9. The van der Waals surface area contributed by atoms with E-state index in [9.17, 15) is 0 Å². The van der Waals surface area contributed by atoms with Gasteiger partial charge < -0.3 is 5.32 Å². The van der Waals surface area contributed by atoms with E-state index < -0.39 is 0 Å². The predicted octanol–water partition coefficient (Wildman–Crippen LogP) is 3.65. The summed E-state index contributed by atoms with van der Waals surface area (Å²) >= 11 is 6.92. The fraction of sp³-hybridized carbons (Fsp3) is 0.200. The van der Waals surface area contributed by atoms with Gasteiger partial charge in [-0.05, 0) is 50.9 Å². The molecule has 0 aliphatic heterocycles. The first-order valence-corrected chi connectivity index (χ1v) is 5.42. The smallest absolute Gasteiger partial charge is 0.0766 e. The second-order valence-electron chi connectivity index (χ2n) is 2.38. The van der Waals surface area contributed by atoms with Crippen LogP contribution in [-0.2, 0) is 0 Å². The maximum Gasteiger partial charge on any atom is 0.0766 e. The average molecular weight is 303 g/mol. The quantitative estimate of drug-likeness (QED) is 0.822. The zero-order valence-corrected chi connectivity index (χ0v) is 10.4. The zero-order chi connectivity index (χ0) is 9.68. The molecule has 1 nitrogen and oxygen atoms in total. The molecule has 1 aromatic carbocycles. The van der Waals surface area contributed by atoms with Crippen molar-refractivity contribution in [2.24, 2.45) is 0 Å². The maximum absolute atomic E-state index is 3.46. The first-order chi connectivity index (χ1) is 6.25. The lowest BCUT2D eigenvalue weighted by atomic mass is 10.3. The molecular formula is C10H9Br2N. The molecule has 68 valence electrons. The van der Waals surface area contributed by atoms with E-state index in [1.54, 1.807) is 0 Å². The van der Waals surface area contributed by atoms with E-state index in [0.717, 1.165) is 14.6 Å². The summed E-state index contributed by atoms with van der Waals surface area (Å²) < 4.78 is 2.08. The van der Waals surface area contributed by atoms with Crippen LogP contribution < -0.4 is 5.32 Å². The topological polar surface area (TPSA) is 12.0 Å². The Morgan fingerprint density at radius 3 is 2.46 bits per heavy atom. The van der Waals surface area contributed by atoms with Gasteiger partial charge in [0.15, 0.2) is 0 Å². The Morgan fingerprint density at radius 2 is 1.92 bits per heavy atom. The van der Waals surface area contributed by atoms with Crippen molar-refractivity contribution in [2.45, 2.75) is 6.92 Å². The Balaban J connectivity index is 2.79. The molecule has 0 spiro atoms. The lowest BCUT2D eigenvalue weighted by Crippen LogP contribution is -1.99. The van der Waals surface area contributed by atoms with Crippen molar-refractivity contribution >= 4 is 37.5 Å². The molecule has 0 unspecified atom stereocenters. The molecule has 1 aromatic rings. The molecule has 1 N–H and O–H groups in total. The van der Waals surface area contributed by atoms with Crippen LogP contribution in [0.4, 0.5) is 5.69 Å². The van der Waals surface area contributed by atoms with Crippen LogP contribution >= 0.6 is 31.9 Å². The Hall–Kier alpha value is -0.460. The molecule has 0 fully saturated rings. The van der Waals surface area contributed by atoms with Gasteiger partial charge >= 0.3 is 0 Å². The number of hydrogen-bond donors (Lipinski definition) is 1. The number of halogens is 2. The second kappa shape index (κ2) is 5.31. The van der Waals surface area contributed by atoms with Crippen molar-refractivity contribution in [1.82, 2.24) is 0 Å². The molecule has 0 amide bonds. The molecule has 13 heavy (non-hydrogen) atoms. The highest BCUT2D eigenvalue weighted by molar-refractivity contribution is 9.11. The number of anilines is 1. The zero-order valence-electron chi connectivity index (χ0n) is 7.20. The van der Waals surface area contributed by atoms with E-state index in [-0.39, 0.29) is 0 Å². The van der Waals surface area contributed by atoms with Gasteiger partial charge in [0, 0.05) is 8.95 Å². The third kappa shape index (κ3) is 3.06. The molecule has 0 bridgehead atoms. The third-order valence-corrected chi connectivity index (χ3v) is 2.81. The van der Waals surface area contributed by atoms with Gasteiger partial charge in [-0.2, -0.15) is 0 Å². The molecule has 0 aliphatic rings. The third-order valence-electron chi connectivity index (χ3n) is 1.49. The van der Waals surface area contributed by atoms with Crippen LogP contribution in [-0.4, -0.2) is 6.54 Å². The van der Waals surface area contributed by atoms with Crippen molar-refractivity contribution in [3.05, 3.63) is 27.1 Å². The van der Waals surface area contributed by atoms with E-state index in [4.69, 9.17) is 0 Å². The molecular weight excluding hydrogens is 294 g/mol. The molecule has 1 rings (SSSR count). The lowest BCUT2D eigenvalue weighted by molar-refractivity contribution is 1.35. The Kier molecular flexibility index (Phi) is 4.34. The van der Waals surface area contributed by atoms with Crippen LogP contribution in [0, 0.1) is 11.8 Å². The molecule has 0 aliphatic carbocycles. The highest BCUT2D eigenvalue weighted by Crippen LogP contribution is 2.30. The van der Waals surface area contributed by atoms with Crippen LogP contribution in [0.25, 0.3) is 0 Å². The van der Waals surface area contributed by atoms with Crippen LogP contribution in [0.1, 0.15) is 6.92 Å². The summed E-state index contributed by atoms with van der Waals surface area (Å²) in [6, 6.07) is 5.96. The van der Waals surface area contributed by atoms with E-state index in [1.807, 2.05) is 25.1 Å². The van der Waals surface area contributed by atoms with Gasteiger partial charge in [-0.15, -0.1) is 5.92 Å². The van der Waals surface area contributed by atoms with E-state index in [1.165, 1.54) is 0 Å². The molecule has 0 heterocycles. The minimum absolute atomic E-state index is 0.664. The van der Waals surface area contributed by atoms with Crippen LogP contribution in [0.2, 0.25) is 0 Å². The number of nitrogens with one attached hydrogen (secondary N) is 1. The predicted molar refractivity (Wildman–Crippen MR) is 63.8 cm³/mol. The van der Waals surface area contributed by atoms with Gasteiger partial charge in [0.2, 0.25) is 0 Å². The van der Waals surface area contributed by atoms with Crippen molar-refractivity contribution < 1.29 is 0 Å². The van der Waals surface area contributed by atoms with Crippen molar-refractivity contribution in [3.8, 4) is 11.8 Å². The van der Waals surface area contributed by atoms with E-state index >= 15 is 0 Å². The summed E-state index contributed by atoms with van der Waals surface area (Å²) in [5.41, 5.74) is 1.05.